The molecular formula is C44H43FN4. The molecule has 49 heavy (non-hydrogen) atoms. The molecule has 0 saturated heterocycles. The molecule has 4 nitrogen and oxygen atoms in total. The average Bonchev–Trinajstić information content (AvgIpc) is 3.48. The van der Waals surface area contributed by atoms with E-state index in [1.165, 1.54) is 0 Å². The minimum Gasteiger partial charge on any atom is -0.354 e. The Morgan fingerprint density at radius 2 is 1.29 bits per heavy atom. The normalized spacial score (nSPS) is 14.1. The fourth-order valence-corrected chi connectivity index (χ4v) is 6.20. The topological polar surface area (TPSA) is 41.9 Å². The summed E-state index contributed by atoms with van der Waals surface area (Å²) in [7, 11) is 0. The van der Waals surface area contributed by atoms with Crippen LogP contribution in [0.1, 0.15) is 76.8 Å². The number of fused-ring (bicyclic) bond motifs is 3. The maximum absolute atomic E-state index is 17.1. The van der Waals surface area contributed by atoms with Crippen molar-refractivity contribution >= 4 is 44.6 Å². The van der Waals surface area contributed by atoms with Crippen molar-refractivity contribution in [2.45, 2.75) is 58.5 Å². The molecule has 246 valence electrons. The Morgan fingerprint density at radius 3 is 2.00 bits per heavy atom. The smallest absolute Gasteiger partial charge is 0.150 e. The van der Waals surface area contributed by atoms with Gasteiger partial charge in [-0.2, -0.15) is 0 Å². The maximum Gasteiger partial charge on any atom is 0.150 e. The van der Waals surface area contributed by atoms with E-state index in [0.717, 1.165) is 38.8 Å². The third kappa shape index (κ3) is 6.54. The molecule has 0 amide bonds. The van der Waals surface area contributed by atoms with E-state index in [1.807, 2.05) is 66.9 Å². The third-order valence-electron chi connectivity index (χ3n) is 8.91. The number of halogens is 1. The van der Waals surface area contributed by atoms with Crippen LogP contribution < -0.4 is 10.6 Å². The van der Waals surface area contributed by atoms with Gasteiger partial charge in [0.25, 0.3) is 0 Å². The van der Waals surface area contributed by atoms with Gasteiger partial charge < -0.3 is 10.6 Å². The summed E-state index contributed by atoms with van der Waals surface area (Å²) < 4.78 is 60.2. The van der Waals surface area contributed by atoms with E-state index in [1.54, 1.807) is 18.2 Å². The third-order valence-corrected chi connectivity index (χ3v) is 8.91. The van der Waals surface area contributed by atoms with Crippen molar-refractivity contribution in [2.24, 2.45) is 0 Å². The highest BCUT2D eigenvalue weighted by Gasteiger charge is 2.23. The second-order valence-corrected chi connectivity index (χ2v) is 14.5. The second-order valence-electron chi connectivity index (χ2n) is 14.5. The summed E-state index contributed by atoms with van der Waals surface area (Å²) in [6, 6.07) is 29.1. The zero-order valence-corrected chi connectivity index (χ0v) is 28.7. The predicted molar refractivity (Wildman–Crippen MR) is 205 cm³/mol. The number of anilines is 4. The first-order chi connectivity index (χ1) is 25.5. The summed E-state index contributed by atoms with van der Waals surface area (Å²) in [6.07, 6.45) is 0.375. The van der Waals surface area contributed by atoms with E-state index < -0.39 is 24.3 Å². The predicted octanol–water partition coefficient (Wildman–Crippen LogP) is 12.3. The van der Waals surface area contributed by atoms with Crippen LogP contribution in [0.15, 0.2) is 133 Å². The van der Waals surface area contributed by atoms with Crippen molar-refractivity contribution in [3.05, 3.63) is 156 Å². The molecular weight excluding hydrogens is 604 g/mol. The monoisotopic (exact) mass is 651 g/mol. The molecule has 7 aromatic rings. The first-order valence-electron chi connectivity index (χ1n) is 19.0. The first kappa shape index (κ1) is 26.5. The highest BCUT2D eigenvalue weighted by atomic mass is 19.1. The van der Waals surface area contributed by atoms with Crippen molar-refractivity contribution in [1.29, 1.82) is 0 Å². The Hall–Kier alpha value is -5.42. The van der Waals surface area contributed by atoms with Crippen LogP contribution in [0.25, 0.3) is 27.6 Å². The molecule has 1 atom stereocenters. The van der Waals surface area contributed by atoms with Crippen molar-refractivity contribution in [2.75, 3.05) is 10.6 Å². The molecule has 0 aliphatic rings. The van der Waals surface area contributed by atoms with Crippen LogP contribution in [0.3, 0.4) is 0 Å². The van der Waals surface area contributed by atoms with Crippen molar-refractivity contribution in [3.8, 4) is 5.82 Å². The Labute approximate surface area is 295 Å². The van der Waals surface area contributed by atoms with Gasteiger partial charge in [0.15, 0.2) is 6.17 Å². The lowest BCUT2D eigenvalue weighted by Gasteiger charge is -2.23. The van der Waals surface area contributed by atoms with Crippen LogP contribution in [0.4, 0.5) is 27.1 Å². The summed E-state index contributed by atoms with van der Waals surface area (Å²) in [4.78, 5) is 4.78. The molecule has 0 aliphatic heterocycles. The Kier molecular flexibility index (Phi) is 6.79. The Morgan fingerprint density at radius 1 is 0.633 bits per heavy atom. The molecule has 0 saturated carbocycles. The summed E-state index contributed by atoms with van der Waals surface area (Å²) in [5.74, 6) is 0.776. The minimum absolute atomic E-state index is 0.0312. The van der Waals surface area contributed by atoms with Gasteiger partial charge in [0.05, 0.1) is 29.3 Å². The van der Waals surface area contributed by atoms with E-state index in [4.69, 9.17) is 11.8 Å². The average molecular weight is 652 g/mol. The molecule has 0 radical (unpaired) electrons. The van der Waals surface area contributed by atoms with E-state index >= 15 is 4.39 Å². The van der Waals surface area contributed by atoms with Gasteiger partial charge in [-0.25, -0.2) is 9.37 Å². The van der Waals surface area contributed by atoms with Gasteiger partial charge in [-0.1, -0.05) is 108 Å². The van der Waals surface area contributed by atoms with Crippen LogP contribution in [-0.2, 0) is 10.8 Å². The minimum atomic E-state index is -1.46. The number of hydrogen-bond donors (Lipinski definition) is 2. The molecule has 0 bridgehead atoms. The van der Waals surface area contributed by atoms with Gasteiger partial charge in [0.1, 0.15) is 5.82 Å². The maximum atomic E-state index is 17.1. The zero-order valence-electron chi connectivity index (χ0n) is 33.7. The molecule has 1 unspecified atom stereocenters. The molecule has 2 heterocycles. The van der Waals surface area contributed by atoms with Crippen molar-refractivity contribution in [3.63, 3.8) is 0 Å². The first-order valence-corrected chi connectivity index (χ1v) is 16.5. The molecule has 0 aliphatic carbocycles. The Bertz CT molecular complexity index is 2540. The number of benzene rings is 5. The number of para-hydroxylation sites is 4. The number of hydrogen-bond acceptors (Lipinski definition) is 3. The molecule has 2 aromatic heterocycles. The number of nitrogens with zero attached hydrogens (tertiary/aromatic N) is 2. The number of aromatic nitrogens is 2. The van der Waals surface area contributed by atoms with Crippen LogP contribution in [0.2, 0.25) is 0 Å². The zero-order chi connectivity index (χ0) is 38.7. The number of nitrogens with one attached hydrogen (secondary N) is 2. The molecule has 7 rings (SSSR count). The Balaban J connectivity index is 1.31. The van der Waals surface area contributed by atoms with Gasteiger partial charge >= 0.3 is 0 Å². The van der Waals surface area contributed by atoms with Gasteiger partial charge in [-0.3, -0.25) is 4.57 Å². The lowest BCUT2D eigenvalue weighted by Crippen LogP contribution is -2.13. The van der Waals surface area contributed by atoms with E-state index in [0.29, 0.717) is 28.2 Å². The van der Waals surface area contributed by atoms with E-state index in [2.05, 4.69) is 74.9 Å². The van der Waals surface area contributed by atoms with Crippen LogP contribution in [0, 0.1) is 0 Å². The van der Waals surface area contributed by atoms with Crippen LogP contribution in [-0.4, -0.2) is 9.55 Å². The number of rotatable bonds is 7. The lowest BCUT2D eigenvalue weighted by molar-refractivity contribution is 0.401. The van der Waals surface area contributed by atoms with Crippen LogP contribution in [0.5, 0.6) is 0 Å². The fourth-order valence-electron chi connectivity index (χ4n) is 6.20. The van der Waals surface area contributed by atoms with Gasteiger partial charge in [0.2, 0.25) is 0 Å². The molecule has 5 aromatic carbocycles. The van der Waals surface area contributed by atoms with Gasteiger partial charge in [-0.15, -0.1) is 0 Å². The second kappa shape index (κ2) is 12.6. The summed E-state index contributed by atoms with van der Waals surface area (Å²) >= 11 is 0. The molecule has 2 N–H and O–H groups in total. The molecule has 0 spiro atoms. The summed E-state index contributed by atoms with van der Waals surface area (Å²) in [5.41, 5.74) is 6.26. The van der Waals surface area contributed by atoms with Crippen molar-refractivity contribution in [1.82, 2.24) is 9.55 Å². The SMILES string of the molecule is [2H]c1c([2H])c([2H])c(Nc2ccccc2Nc2cc(C(F)c3ccc4c5ccccc5n(-c5cc(C(C)(C)C)ccn5)c4c3)cc(C(C)(C)C)c2)c([2H])c1[2H]. The fraction of sp³-hybridized carbons (Fsp3) is 0.205. The standard InChI is InChI=1S/C44H43FN4/c1-43(2,3)31-22-23-46-41(28-31)49-39-19-13-10-16-35(39)36-21-20-29(26-40(36)49)42(45)30-24-32(44(4,5)6)27-34(25-30)48-38-18-12-11-17-37(38)47-33-14-8-7-9-15-33/h7-28,42,47-48H,1-6H3/i7D,8D,9D,14D,15D. The van der Waals surface area contributed by atoms with Gasteiger partial charge in [0, 0.05) is 28.3 Å². The summed E-state index contributed by atoms with van der Waals surface area (Å²) in [6.45, 7) is 12.8. The van der Waals surface area contributed by atoms with Crippen LogP contribution >= 0.6 is 0 Å². The van der Waals surface area contributed by atoms with Gasteiger partial charge in [-0.05, 0) is 93.7 Å². The quantitative estimate of drug-likeness (QED) is 0.180. The highest BCUT2D eigenvalue weighted by Crippen LogP contribution is 2.39. The largest absolute Gasteiger partial charge is 0.354 e. The molecule has 0 fully saturated rings. The number of pyridine rings is 1. The highest BCUT2D eigenvalue weighted by molar-refractivity contribution is 6.09. The lowest BCUT2D eigenvalue weighted by atomic mass is 9.84. The van der Waals surface area contributed by atoms with E-state index in [-0.39, 0.29) is 28.6 Å². The summed E-state index contributed by atoms with van der Waals surface area (Å²) in [5, 5.41) is 8.57. The molecule has 5 heteroatoms. The van der Waals surface area contributed by atoms with E-state index in [9.17, 15) is 0 Å². The number of alkyl halides is 1. The van der Waals surface area contributed by atoms with Crippen molar-refractivity contribution < 1.29 is 11.2 Å².